The zero-order chi connectivity index (χ0) is 20.4. The molecule has 4 aromatic rings. The molecule has 0 aliphatic rings. The van der Waals surface area contributed by atoms with Gasteiger partial charge in [0, 0.05) is 24.8 Å². The minimum Gasteiger partial charge on any atom is -0.458 e. The SMILES string of the molecule is Cc1cc(-c2c(/C=C/C(=O)OCc3ccccc3)n(C)c3ncnc(Cl)c23)no1. The van der Waals surface area contributed by atoms with Gasteiger partial charge in [-0.2, -0.15) is 0 Å². The molecule has 4 rings (SSSR count). The number of hydrogen-bond acceptors (Lipinski definition) is 6. The maximum absolute atomic E-state index is 12.2. The fraction of sp³-hybridized carbons (Fsp3) is 0.143. The molecule has 0 N–H and O–H groups in total. The predicted molar refractivity (Wildman–Crippen MR) is 109 cm³/mol. The second-order valence-corrected chi connectivity index (χ2v) is 6.79. The number of halogens is 1. The molecular formula is C21H17ClN4O3. The zero-order valence-corrected chi connectivity index (χ0v) is 16.6. The van der Waals surface area contributed by atoms with Crippen LogP contribution >= 0.6 is 11.6 Å². The minimum atomic E-state index is -0.460. The van der Waals surface area contributed by atoms with Crippen molar-refractivity contribution in [2.45, 2.75) is 13.5 Å². The maximum Gasteiger partial charge on any atom is 0.331 e. The number of aromatic nitrogens is 4. The molecule has 1 aromatic carbocycles. The average molecular weight is 409 g/mol. The van der Waals surface area contributed by atoms with Gasteiger partial charge in [-0.15, -0.1) is 0 Å². The number of esters is 1. The van der Waals surface area contributed by atoms with Crippen LogP contribution in [0.4, 0.5) is 0 Å². The van der Waals surface area contributed by atoms with Crippen molar-refractivity contribution >= 4 is 34.7 Å². The highest BCUT2D eigenvalue weighted by molar-refractivity contribution is 6.35. The molecule has 146 valence electrons. The molecule has 0 unspecified atom stereocenters. The van der Waals surface area contributed by atoms with Crippen LogP contribution in [0.3, 0.4) is 0 Å². The molecule has 8 heteroatoms. The van der Waals surface area contributed by atoms with Gasteiger partial charge >= 0.3 is 5.97 Å². The molecule has 0 aliphatic carbocycles. The molecule has 0 spiro atoms. The Bertz CT molecular complexity index is 1210. The van der Waals surface area contributed by atoms with E-state index < -0.39 is 5.97 Å². The third kappa shape index (κ3) is 3.77. The van der Waals surface area contributed by atoms with Gasteiger partial charge in [-0.1, -0.05) is 47.1 Å². The highest BCUT2D eigenvalue weighted by Crippen LogP contribution is 2.37. The van der Waals surface area contributed by atoms with E-state index >= 15 is 0 Å². The van der Waals surface area contributed by atoms with Gasteiger partial charge in [-0.3, -0.25) is 0 Å². The van der Waals surface area contributed by atoms with Crippen molar-refractivity contribution in [3.8, 4) is 11.3 Å². The Kier molecular flexibility index (Phi) is 5.14. The van der Waals surface area contributed by atoms with E-state index in [2.05, 4.69) is 15.1 Å². The summed E-state index contributed by atoms with van der Waals surface area (Å²) in [6.07, 6.45) is 4.42. The van der Waals surface area contributed by atoms with E-state index in [1.807, 2.05) is 41.9 Å². The molecule has 0 aliphatic heterocycles. The van der Waals surface area contributed by atoms with Gasteiger partial charge in [-0.25, -0.2) is 14.8 Å². The zero-order valence-electron chi connectivity index (χ0n) is 15.8. The van der Waals surface area contributed by atoms with Gasteiger partial charge in [-0.05, 0) is 18.6 Å². The van der Waals surface area contributed by atoms with Crippen molar-refractivity contribution in [2.24, 2.45) is 7.05 Å². The van der Waals surface area contributed by atoms with Crippen molar-refractivity contribution in [1.82, 2.24) is 19.7 Å². The summed E-state index contributed by atoms with van der Waals surface area (Å²) in [6, 6.07) is 11.3. The normalized spacial score (nSPS) is 11.4. The summed E-state index contributed by atoms with van der Waals surface area (Å²) >= 11 is 6.35. The fourth-order valence-electron chi connectivity index (χ4n) is 3.10. The number of carbonyl (C=O) groups excluding carboxylic acids is 1. The van der Waals surface area contributed by atoms with E-state index in [1.165, 1.54) is 12.4 Å². The van der Waals surface area contributed by atoms with E-state index in [1.54, 1.807) is 19.1 Å². The smallest absolute Gasteiger partial charge is 0.331 e. The number of rotatable bonds is 5. The number of ether oxygens (including phenoxy) is 1. The Morgan fingerprint density at radius 3 is 2.79 bits per heavy atom. The lowest BCUT2D eigenvalue weighted by Crippen LogP contribution is -2.01. The number of aryl methyl sites for hydroxylation is 2. The van der Waals surface area contributed by atoms with Crippen LogP contribution in [0.25, 0.3) is 28.4 Å². The van der Waals surface area contributed by atoms with Gasteiger partial charge in [0.05, 0.1) is 11.1 Å². The number of benzene rings is 1. The second-order valence-electron chi connectivity index (χ2n) is 6.43. The van der Waals surface area contributed by atoms with Crippen LogP contribution in [0.1, 0.15) is 17.0 Å². The van der Waals surface area contributed by atoms with Crippen LogP contribution in [0, 0.1) is 6.92 Å². The lowest BCUT2D eigenvalue weighted by molar-refractivity contribution is -0.138. The summed E-state index contributed by atoms with van der Waals surface area (Å²) < 4.78 is 12.4. The fourth-order valence-corrected chi connectivity index (χ4v) is 3.32. The predicted octanol–water partition coefficient (Wildman–Crippen LogP) is 4.34. The summed E-state index contributed by atoms with van der Waals surface area (Å²) in [7, 11) is 1.83. The van der Waals surface area contributed by atoms with Crippen molar-refractivity contribution in [1.29, 1.82) is 0 Å². The minimum absolute atomic E-state index is 0.200. The van der Waals surface area contributed by atoms with Crippen molar-refractivity contribution < 1.29 is 14.1 Å². The molecule has 0 atom stereocenters. The Hall–Kier alpha value is -3.45. The first-order valence-electron chi connectivity index (χ1n) is 8.86. The Morgan fingerprint density at radius 1 is 1.28 bits per heavy atom. The summed E-state index contributed by atoms with van der Waals surface area (Å²) in [5.41, 5.74) is 3.50. The summed E-state index contributed by atoms with van der Waals surface area (Å²) in [6.45, 7) is 2.00. The van der Waals surface area contributed by atoms with Crippen LogP contribution in [0.15, 0.2) is 53.3 Å². The molecule has 0 saturated carbocycles. The van der Waals surface area contributed by atoms with Crippen LogP contribution in [0.5, 0.6) is 0 Å². The molecule has 29 heavy (non-hydrogen) atoms. The van der Waals surface area contributed by atoms with E-state index in [0.717, 1.165) is 5.56 Å². The Morgan fingerprint density at radius 2 is 2.07 bits per heavy atom. The van der Waals surface area contributed by atoms with E-state index in [9.17, 15) is 4.79 Å². The van der Waals surface area contributed by atoms with Crippen LogP contribution in [-0.2, 0) is 23.2 Å². The molecule has 0 amide bonds. The standard InChI is InChI=1S/C21H17ClN4O3/c1-13-10-15(25-29-13)18-16(26(2)21-19(18)20(22)23-12-24-21)8-9-17(27)28-11-14-6-4-3-5-7-14/h3-10,12H,11H2,1-2H3/b9-8+. The average Bonchev–Trinajstić information content (AvgIpc) is 3.27. The van der Waals surface area contributed by atoms with Gasteiger partial charge < -0.3 is 13.8 Å². The third-order valence-electron chi connectivity index (χ3n) is 4.45. The van der Waals surface area contributed by atoms with E-state index in [-0.39, 0.29) is 6.61 Å². The first-order chi connectivity index (χ1) is 14.0. The molecule has 3 heterocycles. The Labute approximate surface area is 171 Å². The van der Waals surface area contributed by atoms with Crippen molar-refractivity contribution in [3.05, 3.63) is 71.0 Å². The number of nitrogens with zero attached hydrogens (tertiary/aromatic N) is 4. The van der Waals surface area contributed by atoms with E-state index in [0.29, 0.717) is 38.9 Å². The van der Waals surface area contributed by atoms with Crippen LogP contribution in [-0.4, -0.2) is 25.7 Å². The third-order valence-corrected chi connectivity index (χ3v) is 4.74. The molecule has 0 bridgehead atoms. The first-order valence-corrected chi connectivity index (χ1v) is 9.23. The van der Waals surface area contributed by atoms with Crippen molar-refractivity contribution in [3.63, 3.8) is 0 Å². The van der Waals surface area contributed by atoms with Gasteiger partial charge in [0.25, 0.3) is 0 Å². The van der Waals surface area contributed by atoms with Crippen molar-refractivity contribution in [2.75, 3.05) is 0 Å². The highest BCUT2D eigenvalue weighted by atomic mass is 35.5. The topological polar surface area (TPSA) is 83.0 Å². The molecule has 0 fully saturated rings. The molecule has 0 saturated heterocycles. The Balaban J connectivity index is 1.69. The largest absolute Gasteiger partial charge is 0.458 e. The second kappa shape index (κ2) is 7.89. The maximum atomic E-state index is 12.2. The highest BCUT2D eigenvalue weighted by Gasteiger charge is 2.21. The number of carbonyl (C=O) groups is 1. The van der Waals surface area contributed by atoms with E-state index in [4.69, 9.17) is 20.9 Å². The number of hydrogen-bond donors (Lipinski definition) is 0. The van der Waals surface area contributed by atoms with Gasteiger partial charge in [0.2, 0.25) is 0 Å². The molecular weight excluding hydrogens is 392 g/mol. The lowest BCUT2D eigenvalue weighted by Gasteiger charge is -2.03. The summed E-state index contributed by atoms with van der Waals surface area (Å²) in [5, 5.41) is 5.04. The van der Waals surface area contributed by atoms with Gasteiger partial charge in [0.15, 0.2) is 0 Å². The molecule has 3 aromatic heterocycles. The molecule has 0 radical (unpaired) electrons. The monoisotopic (exact) mass is 408 g/mol. The lowest BCUT2D eigenvalue weighted by atomic mass is 10.1. The van der Waals surface area contributed by atoms with Crippen LogP contribution < -0.4 is 0 Å². The summed E-state index contributed by atoms with van der Waals surface area (Å²) in [5.74, 6) is 0.195. The first kappa shape index (κ1) is 18.9. The van der Waals surface area contributed by atoms with Gasteiger partial charge in [0.1, 0.15) is 35.2 Å². The van der Waals surface area contributed by atoms with Crippen LogP contribution in [0.2, 0.25) is 5.15 Å². The number of fused-ring (bicyclic) bond motifs is 1. The molecule has 7 nitrogen and oxygen atoms in total. The quantitative estimate of drug-likeness (QED) is 0.277. The summed E-state index contributed by atoms with van der Waals surface area (Å²) in [4.78, 5) is 20.6.